The number of carbonyl (C=O) groups excluding carboxylic acids is 2. The van der Waals surface area contributed by atoms with Gasteiger partial charge in [-0.1, -0.05) is 6.07 Å². The Morgan fingerprint density at radius 1 is 1.21 bits per heavy atom. The van der Waals surface area contributed by atoms with Crippen molar-refractivity contribution >= 4 is 11.9 Å². The maximum Gasteiger partial charge on any atom is 0.336 e. The summed E-state index contributed by atoms with van der Waals surface area (Å²) in [7, 11) is 4.62. The molecule has 1 fully saturated rings. The van der Waals surface area contributed by atoms with Gasteiger partial charge in [-0.05, 0) is 24.5 Å². The van der Waals surface area contributed by atoms with E-state index in [1.54, 1.807) is 20.3 Å². The molecule has 8 nitrogen and oxygen atoms in total. The zero-order chi connectivity index (χ0) is 17.5. The lowest BCUT2D eigenvalue weighted by molar-refractivity contribution is -0.124. The Morgan fingerprint density at radius 2 is 1.96 bits per heavy atom. The summed E-state index contributed by atoms with van der Waals surface area (Å²) in [5, 5.41) is 3.98. The Bertz CT molecular complexity index is 606. The number of nitrogens with one attached hydrogen (secondary N) is 2. The largest absolute Gasteiger partial charge is 0.493 e. The second kappa shape index (κ2) is 8.28. The van der Waals surface area contributed by atoms with Crippen LogP contribution in [-0.2, 0) is 11.2 Å². The van der Waals surface area contributed by atoms with Crippen LogP contribution < -0.4 is 25.0 Å². The van der Waals surface area contributed by atoms with Crippen LogP contribution in [0, 0.1) is 0 Å². The van der Waals surface area contributed by atoms with Gasteiger partial charge in [0.2, 0.25) is 11.7 Å². The van der Waals surface area contributed by atoms with Crippen molar-refractivity contribution in [3.63, 3.8) is 0 Å². The molecule has 1 aliphatic rings. The fourth-order valence-corrected chi connectivity index (χ4v) is 2.55. The maximum absolute atomic E-state index is 12.1. The molecule has 0 atom stereocenters. The number of benzene rings is 1. The van der Waals surface area contributed by atoms with Crippen molar-refractivity contribution in [2.45, 2.75) is 19.3 Å². The number of hydrogen-bond acceptors (Lipinski definition) is 5. The fourth-order valence-electron chi connectivity index (χ4n) is 2.55. The van der Waals surface area contributed by atoms with Crippen molar-refractivity contribution in [3.8, 4) is 17.2 Å². The highest BCUT2D eigenvalue weighted by molar-refractivity contribution is 5.81. The predicted octanol–water partition coefficient (Wildman–Crippen LogP) is 1.09. The monoisotopic (exact) mass is 337 g/mol. The normalized spacial score (nSPS) is 14.0. The van der Waals surface area contributed by atoms with Gasteiger partial charge in [0.15, 0.2) is 11.5 Å². The lowest BCUT2D eigenvalue weighted by Gasteiger charge is -2.27. The molecule has 0 saturated carbocycles. The standard InChI is InChI=1S/C16H23N3O5/c1-22-12-7-5-11(14(23-2)15(12)24-3)6-8-13(20)18-19-10-4-9-17-16(19)21/h5,7H,4,6,8-10H2,1-3H3,(H,17,21)(H,18,20). The highest BCUT2D eigenvalue weighted by Crippen LogP contribution is 2.40. The van der Waals surface area contributed by atoms with E-state index >= 15 is 0 Å². The van der Waals surface area contributed by atoms with E-state index in [1.807, 2.05) is 6.07 Å². The smallest absolute Gasteiger partial charge is 0.336 e. The van der Waals surface area contributed by atoms with Gasteiger partial charge in [-0.2, -0.15) is 0 Å². The topological polar surface area (TPSA) is 89.1 Å². The molecule has 1 aliphatic heterocycles. The van der Waals surface area contributed by atoms with Crippen LogP contribution in [0.15, 0.2) is 12.1 Å². The van der Waals surface area contributed by atoms with Gasteiger partial charge in [-0.15, -0.1) is 0 Å². The van der Waals surface area contributed by atoms with E-state index in [4.69, 9.17) is 14.2 Å². The van der Waals surface area contributed by atoms with Crippen molar-refractivity contribution in [2.75, 3.05) is 34.4 Å². The molecular formula is C16H23N3O5. The van der Waals surface area contributed by atoms with Gasteiger partial charge in [-0.25, -0.2) is 9.80 Å². The first-order valence-corrected chi connectivity index (χ1v) is 7.73. The molecule has 24 heavy (non-hydrogen) atoms. The Morgan fingerprint density at radius 3 is 2.58 bits per heavy atom. The van der Waals surface area contributed by atoms with Gasteiger partial charge < -0.3 is 19.5 Å². The molecule has 1 aromatic rings. The van der Waals surface area contributed by atoms with Crippen molar-refractivity contribution < 1.29 is 23.8 Å². The highest BCUT2D eigenvalue weighted by atomic mass is 16.5. The molecule has 1 heterocycles. The molecule has 0 radical (unpaired) electrons. The lowest BCUT2D eigenvalue weighted by Crippen LogP contribution is -2.54. The van der Waals surface area contributed by atoms with Gasteiger partial charge in [0.1, 0.15) is 0 Å². The summed E-state index contributed by atoms with van der Waals surface area (Å²) in [5.74, 6) is 1.37. The average Bonchev–Trinajstić information content (AvgIpc) is 2.60. The lowest BCUT2D eigenvalue weighted by atomic mass is 10.1. The third kappa shape index (κ3) is 4.01. The number of methoxy groups -OCH3 is 3. The summed E-state index contributed by atoms with van der Waals surface area (Å²) in [5.41, 5.74) is 3.44. The molecule has 2 N–H and O–H groups in total. The first-order valence-electron chi connectivity index (χ1n) is 7.73. The molecular weight excluding hydrogens is 314 g/mol. The summed E-state index contributed by atoms with van der Waals surface area (Å²) in [6.07, 6.45) is 1.47. The number of hydrazine groups is 1. The molecule has 0 spiro atoms. The van der Waals surface area contributed by atoms with Crippen molar-refractivity contribution in [1.29, 1.82) is 0 Å². The Kier molecular flexibility index (Phi) is 6.11. The highest BCUT2D eigenvalue weighted by Gasteiger charge is 2.20. The molecule has 1 saturated heterocycles. The SMILES string of the molecule is COc1ccc(CCC(=O)NN2CCCNC2=O)c(OC)c1OC. The number of carbonyl (C=O) groups is 2. The third-order valence-corrected chi connectivity index (χ3v) is 3.75. The summed E-state index contributed by atoms with van der Waals surface area (Å²) in [6, 6.07) is 3.33. The molecule has 0 bridgehead atoms. The third-order valence-electron chi connectivity index (χ3n) is 3.75. The molecule has 1 aromatic carbocycles. The van der Waals surface area contributed by atoms with E-state index in [0.717, 1.165) is 12.0 Å². The summed E-state index contributed by atoms with van der Waals surface area (Å²) in [4.78, 5) is 23.7. The number of hydrogen-bond donors (Lipinski definition) is 2. The van der Waals surface area contributed by atoms with Crippen LogP contribution in [0.4, 0.5) is 4.79 Å². The summed E-state index contributed by atoms with van der Waals surface area (Å²) in [6.45, 7) is 1.14. The molecule has 0 unspecified atom stereocenters. The van der Waals surface area contributed by atoms with E-state index in [1.165, 1.54) is 12.1 Å². The van der Waals surface area contributed by atoms with Crippen LogP contribution in [0.3, 0.4) is 0 Å². The minimum atomic E-state index is -0.279. The van der Waals surface area contributed by atoms with Gasteiger partial charge in [-0.3, -0.25) is 10.2 Å². The van der Waals surface area contributed by atoms with Crippen LogP contribution in [0.2, 0.25) is 0 Å². The average molecular weight is 337 g/mol. The van der Waals surface area contributed by atoms with Gasteiger partial charge in [0.25, 0.3) is 0 Å². The van der Waals surface area contributed by atoms with E-state index in [-0.39, 0.29) is 18.4 Å². The Labute approximate surface area is 141 Å². The van der Waals surface area contributed by atoms with E-state index in [0.29, 0.717) is 36.8 Å². The molecule has 0 aliphatic carbocycles. The Hall–Kier alpha value is -2.64. The maximum atomic E-state index is 12.1. The van der Waals surface area contributed by atoms with Gasteiger partial charge >= 0.3 is 6.03 Å². The predicted molar refractivity (Wildman–Crippen MR) is 87.3 cm³/mol. The molecule has 2 rings (SSSR count). The van der Waals surface area contributed by atoms with E-state index in [9.17, 15) is 9.59 Å². The van der Waals surface area contributed by atoms with Crippen LogP contribution in [0.25, 0.3) is 0 Å². The minimum absolute atomic E-state index is 0.218. The van der Waals surface area contributed by atoms with Crippen LogP contribution in [0.5, 0.6) is 17.2 Å². The number of ether oxygens (including phenoxy) is 3. The molecule has 132 valence electrons. The van der Waals surface area contributed by atoms with Crippen LogP contribution >= 0.6 is 0 Å². The fraction of sp³-hybridized carbons (Fsp3) is 0.500. The van der Waals surface area contributed by atoms with Crippen molar-refractivity contribution in [2.24, 2.45) is 0 Å². The summed E-state index contributed by atoms with van der Waals surface area (Å²) >= 11 is 0. The number of urea groups is 1. The van der Waals surface area contributed by atoms with Crippen LogP contribution in [-0.4, -0.2) is 51.4 Å². The minimum Gasteiger partial charge on any atom is -0.493 e. The van der Waals surface area contributed by atoms with Crippen LogP contribution in [0.1, 0.15) is 18.4 Å². The van der Waals surface area contributed by atoms with Crippen molar-refractivity contribution in [1.82, 2.24) is 15.8 Å². The molecule has 0 aromatic heterocycles. The quantitative estimate of drug-likeness (QED) is 0.777. The van der Waals surface area contributed by atoms with Gasteiger partial charge in [0, 0.05) is 19.5 Å². The second-order valence-electron chi connectivity index (χ2n) is 5.27. The molecule has 8 heteroatoms. The number of aryl methyl sites for hydroxylation is 1. The number of rotatable bonds is 7. The number of nitrogens with zero attached hydrogens (tertiary/aromatic N) is 1. The number of amides is 3. The second-order valence-corrected chi connectivity index (χ2v) is 5.27. The Balaban J connectivity index is 2.00. The first kappa shape index (κ1) is 17.7. The summed E-state index contributed by atoms with van der Waals surface area (Å²) < 4.78 is 16.0. The molecule has 3 amide bonds. The van der Waals surface area contributed by atoms with E-state index in [2.05, 4.69) is 10.7 Å². The van der Waals surface area contributed by atoms with Crippen molar-refractivity contribution in [3.05, 3.63) is 17.7 Å². The van der Waals surface area contributed by atoms with E-state index < -0.39 is 0 Å². The zero-order valence-corrected chi connectivity index (χ0v) is 14.2. The van der Waals surface area contributed by atoms with Gasteiger partial charge in [0.05, 0.1) is 21.3 Å². The first-order chi connectivity index (χ1) is 11.6. The zero-order valence-electron chi connectivity index (χ0n) is 14.2.